The summed E-state index contributed by atoms with van der Waals surface area (Å²) in [5, 5.41) is 4.85. The molecule has 0 amide bonds. The molecule has 122 heavy (non-hydrogen) atoms. The van der Waals surface area contributed by atoms with Crippen molar-refractivity contribution in [2.24, 2.45) is 0 Å². The highest BCUT2D eigenvalue weighted by Gasteiger charge is 2.23. The first-order valence-electron chi connectivity index (χ1n) is 39.2. The molecule has 0 saturated carbocycles. The Labute approximate surface area is 742 Å². The van der Waals surface area contributed by atoms with Gasteiger partial charge in [-0.1, -0.05) is 330 Å². The Kier molecular flexibility index (Phi) is 23.9. The van der Waals surface area contributed by atoms with E-state index in [9.17, 15) is 0 Å². The third-order valence-electron chi connectivity index (χ3n) is 20.0. The van der Waals surface area contributed by atoms with E-state index in [0.29, 0.717) is 81.4 Å². The summed E-state index contributed by atoms with van der Waals surface area (Å²) in [6.45, 7) is 13.3. The van der Waals surface area contributed by atoms with Crippen molar-refractivity contribution in [1.29, 1.82) is 0 Å². The third-order valence-corrected chi connectivity index (χ3v) is 23.4. The monoisotopic (exact) mass is 1860 g/mol. The predicted molar refractivity (Wildman–Crippen MR) is 506 cm³/mol. The zero-order valence-corrected chi connectivity index (χ0v) is 73.9. The first-order valence-corrected chi connectivity index (χ1v) is 43.2. The SMILES string of the molecule is Brc1ccc(-c2nc(-c3ccccc3)nc(-c3cccc4c3sc3ccccc34)n2)cc1.Brc1ccc(-c2nc(-c3ccccc3)nc(-n3c4ccccc4c4ccccc43)n2)cc1.Brc1ccc(-c2nc(-c3cnccn3)nc(-c3cnccn3)n2)cc1.CC(C)(C)c1ccc(-c2nc(-c3ccc(Br)cc3)nc(-c3ccc(C(C)(C)C)cc3)n2)cc1. The van der Waals surface area contributed by atoms with Gasteiger partial charge in [-0.3, -0.25) is 14.5 Å². The molecule has 17 nitrogen and oxygen atoms in total. The number of hydrogen-bond acceptors (Lipinski definition) is 17. The fraction of sp³-hybridized carbons (Fsp3) is 0.0800. The van der Waals surface area contributed by atoms with Crippen LogP contribution in [0.5, 0.6) is 0 Å². The molecule has 0 aliphatic rings. The topological polar surface area (TPSA) is 211 Å². The van der Waals surface area contributed by atoms with E-state index in [4.69, 9.17) is 44.9 Å². The number of aromatic nitrogens is 17. The maximum absolute atomic E-state index is 4.93. The Hall–Kier alpha value is -13.2. The highest BCUT2D eigenvalue weighted by Crippen LogP contribution is 2.41. The number of benzene rings is 12. The zero-order chi connectivity index (χ0) is 83.9. The van der Waals surface area contributed by atoms with Gasteiger partial charge in [0.1, 0.15) is 11.4 Å². The molecule has 0 saturated heterocycles. The van der Waals surface area contributed by atoms with Crippen LogP contribution in [0.3, 0.4) is 0 Å². The minimum Gasteiger partial charge on any atom is -0.278 e. The molecule has 12 aromatic carbocycles. The molecule has 0 aliphatic carbocycles. The van der Waals surface area contributed by atoms with E-state index in [1.165, 1.54) is 42.1 Å². The van der Waals surface area contributed by atoms with Gasteiger partial charge in [-0.15, -0.1) is 11.3 Å². The molecule has 592 valence electrons. The summed E-state index contributed by atoms with van der Waals surface area (Å²) < 4.78 is 8.63. The van der Waals surface area contributed by atoms with Crippen molar-refractivity contribution in [2.75, 3.05) is 0 Å². The van der Waals surface area contributed by atoms with E-state index in [-0.39, 0.29) is 10.8 Å². The van der Waals surface area contributed by atoms with Crippen LogP contribution in [-0.4, -0.2) is 84.3 Å². The van der Waals surface area contributed by atoms with Gasteiger partial charge < -0.3 is 0 Å². The van der Waals surface area contributed by atoms with E-state index >= 15 is 0 Å². The summed E-state index contributed by atoms with van der Waals surface area (Å²) >= 11 is 15.7. The molecular formula is C100H73Br4N17S. The van der Waals surface area contributed by atoms with Crippen LogP contribution < -0.4 is 0 Å². The van der Waals surface area contributed by atoms with Gasteiger partial charge in [0.05, 0.1) is 23.4 Å². The summed E-state index contributed by atoms with van der Waals surface area (Å²) in [6, 6.07) is 101. The van der Waals surface area contributed by atoms with Gasteiger partial charge in [0, 0.05) is 124 Å². The Morgan fingerprint density at radius 3 is 0.910 bits per heavy atom. The van der Waals surface area contributed by atoms with E-state index in [1.807, 2.05) is 170 Å². The molecule has 0 spiro atoms. The molecule has 0 radical (unpaired) electrons. The molecule has 20 aromatic rings. The molecule has 0 bridgehead atoms. The third kappa shape index (κ3) is 18.6. The number of rotatable bonds is 12. The van der Waals surface area contributed by atoms with Crippen molar-refractivity contribution >= 4 is 117 Å². The van der Waals surface area contributed by atoms with Crippen molar-refractivity contribution < 1.29 is 0 Å². The number of para-hydroxylation sites is 2. The van der Waals surface area contributed by atoms with Gasteiger partial charge in [-0.25, -0.2) is 59.8 Å². The zero-order valence-electron chi connectivity index (χ0n) is 66.8. The largest absolute Gasteiger partial charge is 0.278 e. The van der Waals surface area contributed by atoms with Crippen molar-refractivity contribution in [3.63, 3.8) is 0 Å². The van der Waals surface area contributed by atoms with Gasteiger partial charge in [0.2, 0.25) is 5.95 Å². The Morgan fingerprint density at radius 1 is 0.254 bits per heavy atom. The molecule has 0 aliphatic heterocycles. The second kappa shape index (κ2) is 36.0. The maximum Gasteiger partial charge on any atom is 0.238 e. The van der Waals surface area contributed by atoms with Crippen LogP contribution in [0.1, 0.15) is 52.7 Å². The first-order chi connectivity index (χ1) is 59.3. The van der Waals surface area contributed by atoms with E-state index in [0.717, 1.165) is 79.0 Å². The van der Waals surface area contributed by atoms with Crippen LogP contribution in [0.25, 0.3) is 173 Å². The molecule has 22 heteroatoms. The fourth-order valence-corrected chi connectivity index (χ4v) is 15.9. The molecule has 0 N–H and O–H groups in total. The quantitative estimate of drug-likeness (QED) is 0.111. The van der Waals surface area contributed by atoms with Gasteiger partial charge in [0.25, 0.3) is 0 Å². The van der Waals surface area contributed by atoms with Crippen LogP contribution in [0.2, 0.25) is 0 Å². The summed E-state index contributed by atoms with van der Waals surface area (Å²) in [4.78, 5) is 74.1. The van der Waals surface area contributed by atoms with Crippen LogP contribution >= 0.6 is 75.1 Å². The normalized spacial score (nSPS) is 11.4. The first kappa shape index (κ1) is 81.2. The number of hydrogen-bond donors (Lipinski definition) is 0. The average molecular weight is 1860 g/mol. The standard InChI is InChI=1S/C29H30BrN3.C27H17BrN4.C27H16BrN3S.C17H10BrN7/c1-28(2,3)22-13-7-19(8-14-22)25-31-26(20-9-15-23(16-10-20)29(4,5)6)33-27(32-25)21-11-17-24(30)18-12-21;28-20-16-14-19(15-17-20)26-29-25(18-8-2-1-3-9-18)30-27(31-26)32-23-12-6-4-10-21(23)22-11-5-7-13-24(22)32;28-19-15-13-18(14-16-19)26-29-25(17-7-2-1-3-8-17)30-27(31-26)22-11-6-10-21-20-9-4-5-12-23(20)32-24(21)22;18-12-3-1-11(2-4-12)15-23-16(13-9-19-5-7-21-13)25-17(24-15)14-10-20-6-8-22-14/h7-18H,1-6H3;1-17H;1-16H;1-10H. The lowest BCUT2D eigenvalue weighted by molar-refractivity contribution is 0.590. The van der Waals surface area contributed by atoms with Gasteiger partial charge in [-0.05, 0) is 94.8 Å². The van der Waals surface area contributed by atoms with E-state index in [1.54, 1.807) is 48.5 Å². The number of halogens is 4. The van der Waals surface area contributed by atoms with Crippen LogP contribution in [0, 0.1) is 0 Å². The second-order valence-electron chi connectivity index (χ2n) is 30.4. The summed E-state index contributed by atoms with van der Waals surface area (Å²) in [5.74, 6) is 7.35. The van der Waals surface area contributed by atoms with Crippen LogP contribution in [0.15, 0.2) is 352 Å². The second-order valence-corrected chi connectivity index (χ2v) is 35.2. The van der Waals surface area contributed by atoms with Crippen molar-refractivity contribution in [3.05, 3.63) is 363 Å². The van der Waals surface area contributed by atoms with Crippen molar-refractivity contribution in [3.8, 4) is 131 Å². The molecule has 8 aromatic heterocycles. The molecular weight excluding hydrogens is 1790 g/mol. The van der Waals surface area contributed by atoms with Crippen molar-refractivity contribution in [1.82, 2.24) is 84.3 Å². The number of fused-ring (bicyclic) bond motifs is 6. The smallest absolute Gasteiger partial charge is 0.238 e. The van der Waals surface area contributed by atoms with Gasteiger partial charge >= 0.3 is 0 Å². The Morgan fingerprint density at radius 2 is 0.549 bits per heavy atom. The molecule has 0 fully saturated rings. The maximum atomic E-state index is 4.93. The number of thiophene rings is 1. The van der Waals surface area contributed by atoms with E-state index in [2.05, 4.69) is 272 Å². The minimum absolute atomic E-state index is 0.0974. The predicted octanol–water partition coefficient (Wildman–Crippen LogP) is 26.5. The summed E-state index contributed by atoms with van der Waals surface area (Å²) in [5.41, 5.74) is 14.7. The van der Waals surface area contributed by atoms with Crippen LogP contribution in [0.4, 0.5) is 0 Å². The van der Waals surface area contributed by atoms with Crippen LogP contribution in [-0.2, 0) is 10.8 Å². The minimum atomic E-state index is 0.0974. The Bertz CT molecular complexity index is 6890. The lowest BCUT2D eigenvalue weighted by Gasteiger charge is -2.19. The fourth-order valence-electron chi connectivity index (χ4n) is 13.7. The average Bonchev–Trinajstić information content (AvgIpc) is 1.59. The molecule has 20 rings (SSSR count). The highest BCUT2D eigenvalue weighted by atomic mass is 79.9. The van der Waals surface area contributed by atoms with Gasteiger partial charge in [-0.2, -0.15) is 9.97 Å². The Balaban J connectivity index is 0.000000116. The summed E-state index contributed by atoms with van der Waals surface area (Å²) in [6.07, 6.45) is 9.62. The lowest BCUT2D eigenvalue weighted by atomic mass is 9.86. The highest BCUT2D eigenvalue weighted by molar-refractivity contribution is 9.11. The molecule has 8 heterocycles. The van der Waals surface area contributed by atoms with Crippen molar-refractivity contribution in [2.45, 2.75) is 52.4 Å². The summed E-state index contributed by atoms with van der Waals surface area (Å²) in [7, 11) is 0. The lowest BCUT2D eigenvalue weighted by Crippen LogP contribution is -2.10. The van der Waals surface area contributed by atoms with Gasteiger partial charge in [0.15, 0.2) is 64.1 Å². The van der Waals surface area contributed by atoms with E-state index < -0.39 is 0 Å². The molecule has 0 unspecified atom stereocenters. The number of nitrogens with zero attached hydrogens (tertiary/aromatic N) is 17. The molecule has 0 atom stereocenters.